The van der Waals surface area contributed by atoms with Gasteiger partial charge >= 0.3 is 5.97 Å². The van der Waals surface area contributed by atoms with Gasteiger partial charge in [-0.15, -0.1) is 10.2 Å². The highest BCUT2D eigenvalue weighted by molar-refractivity contribution is 8.00. The number of carbonyl (C=O) groups excluding carboxylic acids is 1. The first kappa shape index (κ1) is 19.9. The zero-order valence-electron chi connectivity index (χ0n) is 16.2. The second-order valence-corrected chi connectivity index (χ2v) is 7.48. The SMILES string of the molecule is COC(=O)[C@@H](C)Sc1nnc(-c2ccccc2OC)n1CCc1ccccc1. The van der Waals surface area contributed by atoms with Crippen molar-refractivity contribution < 1.29 is 14.3 Å². The maximum Gasteiger partial charge on any atom is 0.318 e. The van der Waals surface area contributed by atoms with Gasteiger partial charge in [0.1, 0.15) is 11.0 Å². The van der Waals surface area contributed by atoms with Crippen molar-refractivity contribution in [2.75, 3.05) is 14.2 Å². The standard InChI is InChI=1S/C21H23N3O3S/c1-15(20(25)27-3)28-21-23-22-19(17-11-7-8-12-18(17)26-2)24(21)14-13-16-9-5-4-6-10-16/h4-12,15H,13-14H2,1-3H3/t15-/m1/s1. The fraction of sp³-hybridized carbons (Fsp3) is 0.286. The van der Waals surface area contributed by atoms with E-state index >= 15 is 0 Å². The quantitative estimate of drug-likeness (QED) is 0.425. The van der Waals surface area contributed by atoms with Gasteiger partial charge in [-0.05, 0) is 31.0 Å². The molecule has 0 bridgehead atoms. The smallest absolute Gasteiger partial charge is 0.318 e. The second kappa shape index (κ2) is 9.41. The van der Waals surface area contributed by atoms with Crippen LogP contribution in [0.2, 0.25) is 0 Å². The van der Waals surface area contributed by atoms with Gasteiger partial charge in [0, 0.05) is 6.54 Å². The van der Waals surface area contributed by atoms with Crippen LogP contribution in [0.5, 0.6) is 5.75 Å². The molecule has 0 N–H and O–H groups in total. The number of thioether (sulfide) groups is 1. The lowest BCUT2D eigenvalue weighted by Gasteiger charge is -2.14. The predicted molar refractivity (Wildman–Crippen MR) is 109 cm³/mol. The normalized spacial score (nSPS) is 11.8. The third-order valence-electron chi connectivity index (χ3n) is 4.35. The fourth-order valence-corrected chi connectivity index (χ4v) is 3.77. The summed E-state index contributed by atoms with van der Waals surface area (Å²) in [5, 5.41) is 9.05. The van der Waals surface area contributed by atoms with Crippen molar-refractivity contribution >= 4 is 17.7 Å². The van der Waals surface area contributed by atoms with Crippen LogP contribution in [-0.4, -0.2) is 40.2 Å². The van der Waals surface area contributed by atoms with Crippen molar-refractivity contribution in [2.45, 2.75) is 30.3 Å². The van der Waals surface area contributed by atoms with E-state index in [9.17, 15) is 4.79 Å². The Labute approximate surface area is 168 Å². The molecule has 0 saturated carbocycles. The van der Waals surface area contributed by atoms with E-state index in [0.29, 0.717) is 17.5 Å². The zero-order valence-corrected chi connectivity index (χ0v) is 17.0. The van der Waals surface area contributed by atoms with Crippen LogP contribution in [0.4, 0.5) is 0 Å². The molecule has 0 amide bonds. The molecule has 1 heterocycles. The van der Waals surface area contributed by atoms with E-state index in [1.807, 2.05) is 47.0 Å². The molecule has 28 heavy (non-hydrogen) atoms. The van der Waals surface area contributed by atoms with E-state index in [-0.39, 0.29) is 11.2 Å². The van der Waals surface area contributed by atoms with Crippen LogP contribution in [0.15, 0.2) is 59.8 Å². The summed E-state index contributed by atoms with van der Waals surface area (Å²) in [6.07, 6.45) is 0.821. The summed E-state index contributed by atoms with van der Waals surface area (Å²) in [6, 6.07) is 18.0. The Morgan fingerprint density at radius 3 is 2.50 bits per heavy atom. The maximum atomic E-state index is 11.9. The van der Waals surface area contributed by atoms with Crippen LogP contribution in [0, 0.1) is 0 Å². The van der Waals surface area contributed by atoms with E-state index in [1.165, 1.54) is 24.4 Å². The molecule has 6 nitrogen and oxygen atoms in total. The third-order valence-corrected chi connectivity index (χ3v) is 5.41. The molecule has 146 valence electrons. The number of ether oxygens (including phenoxy) is 2. The maximum absolute atomic E-state index is 11.9. The van der Waals surface area contributed by atoms with Gasteiger partial charge in [-0.3, -0.25) is 4.79 Å². The largest absolute Gasteiger partial charge is 0.496 e. The summed E-state index contributed by atoms with van der Waals surface area (Å²) < 4.78 is 12.4. The van der Waals surface area contributed by atoms with E-state index in [2.05, 4.69) is 22.3 Å². The number of rotatable bonds is 8. The van der Waals surface area contributed by atoms with Crippen LogP contribution in [0.3, 0.4) is 0 Å². The number of hydrogen-bond donors (Lipinski definition) is 0. The van der Waals surface area contributed by atoms with Crippen molar-refractivity contribution in [1.29, 1.82) is 0 Å². The first-order valence-electron chi connectivity index (χ1n) is 8.99. The molecule has 0 fully saturated rings. The lowest BCUT2D eigenvalue weighted by atomic mass is 10.1. The summed E-state index contributed by atoms with van der Waals surface area (Å²) in [5.41, 5.74) is 2.09. The summed E-state index contributed by atoms with van der Waals surface area (Å²) in [4.78, 5) is 11.9. The number of aryl methyl sites for hydroxylation is 1. The van der Waals surface area contributed by atoms with E-state index in [1.54, 1.807) is 14.0 Å². The molecule has 3 rings (SSSR count). The minimum absolute atomic E-state index is 0.290. The van der Waals surface area contributed by atoms with Crippen molar-refractivity contribution in [3.05, 3.63) is 60.2 Å². The Kier molecular flexibility index (Phi) is 6.71. The highest BCUT2D eigenvalue weighted by Gasteiger charge is 2.22. The fourth-order valence-electron chi connectivity index (χ4n) is 2.86. The molecule has 0 aliphatic rings. The second-order valence-electron chi connectivity index (χ2n) is 6.18. The van der Waals surface area contributed by atoms with Gasteiger partial charge in [-0.25, -0.2) is 0 Å². The van der Waals surface area contributed by atoms with E-state index in [0.717, 1.165) is 17.7 Å². The van der Waals surface area contributed by atoms with Gasteiger partial charge in [0.2, 0.25) is 0 Å². The molecule has 0 radical (unpaired) electrons. The Morgan fingerprint density at radius 1 is 1.07 bits per heavy atom. The molecule has 0 saturated heterocycles. The molecule has 2 aromatic carbocycles. The molecule has 1 aromatic heterocycles. The lowest BCUT2D eigenvalue weighted by molar-refractivity contribution is -0.139. The number of nitrogens with zero attached hydrogens (tertiary/aromatic N) is 3. The first-order chi connectivity index (χ1) is 13.6. The monoisotopic (exact) mass is 397 g/mol. The number of hydrogen-bond acceptors (Lipinski definition) is 6. The van der Waals surface area contributed by atoms with Crippen LogP contribution in [0.1, 0.15) is 12.5 Å². The predicted octanol–water partition coefficient (Wildman–Crippen LogP) is 3.85. The van der Waals surface area contributed by atoms with Crippen LogP contribution in [0.25, 0.3) is 11.4 Å². The lowest BCUT2D eigenvalue weighted by Crippen LogP contribution is -2.16. The van der Waals surface area contributed by atoms with Gasteiger partial charge in [-0.1, -0.05) is 54.2 Å². The third kappa shape index (κ3) is 4.54. The molecule has 0 unspecified atom stereocenters. The highest BCUT2D eigenvalue weighted by atomic mass is 32.2. The molecular weight excluding hydrogens is 374 g/mol. The molecule has 3 aromatic rings. The molecule has 7 heteroatoms. The number of para-hydroxylation sites is 1. The molecule has 0 aliphatic heterocycles. The van der Waals surface area contributed by atoms with Gasteiger partial charge in [0.15, 0.2) is 11.0 Å². The van der Waals surface area contributed by atoms with Gasteiger partial charge < -0.3 is 14.0 Å². The number of carbonyl (C=O) groups is 1. The first-order valence-corrected chi connectivity index (χ1v) is 9.87. The zero-order chi connectivity index (χ0) is 19.9. The summed E-state index contributed by atoms with van der Waals surface area (Å²) in [7, 11) is 3.03. The van der Waals surface area contributed by atoms with E-state index < -0.39 is 0 Å². The minimum Gasteiger partial charge on any atom is -0.496 e. The van der Waals surface area contributed by atoms with Gasteiger partial charge in [-0.2, -0.15) is 0 Å². The number of benzene rings is 2. The van der Waals surface area contributed by atoms with Gasteiger partial charge in [0.25, 0.3) is 0 Å². The molecule has 0 spiro atoms. The molecule has 0 aliphatic carbocycles. The Morgan fingerprint density at radius 2 is 1.79 bits per heavy atom. The highest BCUT2D eigenvalue weighted by Crippen LogP contribution is 2.32. The van der Waals surface area contributed by atoms with Crippen molar-refractivity contribution in [3.8, 4) is 17.1 Å². The number of methoxy groups -OCH3 is 2. The molecule has 1 atom stereocenters. The van der Waals surface area contributed by atoms with Crippen LogP contribution < -0.4 is 4.74 Å². The number of esters is 1. The summed E-state index contributed by atoms with van der Waals surface area (Å²) in [6.45, 7) is 2.48. The van der Waals surface area contributed by atoms with E-state index in [4.69, 9.17) is 9.47 Å². The topological polar surface area (TPSA) is 66.2 Å². The average Bonchev–Trinajstić information content (AvgIpc) is 3.14. The van der Waals surface area contributed by atoms with Gasteiger partial charge in [0.05, 0.1) is 19.8 Å². The van der Waals surface area contributed by atoms with Crippen molar-refractivity contribution in [2.24, 2.45) is 0 Å². The Balaban J connectivity index is 1.96. The summed E-state index contributed by atoms with van der Waals surface area (Å²) >= 11 is 1.34. The summed E-state index contributed by atoms with van der Waals surface area (Å²) in [5.74, 6) is 1.16. The Hall–Kier alpha value is -2.80. The number of aromatic nitrogens is 3. The van der Waals surface area contributed by atoms with Crippen molar-refractivity contribution in [3.63, 3.8) is 0 Å². The Bertz CT molecular complexity index is 928. The van der Waals surface area contributed by atoms with Crippen molar-refractivity contribution in [1.82, 2.24) is 14.8 Å². The van der Waals surface area contributed by atoms with Crippen LogP contribution >= 0.6 is 11.8 Å². The minimum atomic E-state index is -0.379. The molecular formula is C21H23N3O3S. The average molecular weight is 398 g/mol. The van der Waals surface area contributed by atoms with Crippen LogP contribution in [-0.2, 0) is 22.5 Å².